The van der Waals surface area contributed by atoms with Crippen LogP contribution >= 0.6 is 0 Å². The Morgan fingerprint density at radius 2 is 1.70 bits per heavy atom. The Balaban J connectivity index is 0.000000238. The van der Waals surface area contributed by atoms with Crippen molar-refractivity contribution in [3.05, 3.63) is 59.6 Å². The van der Waals surface area contributed by atoms with Crippen molar-refractivity contribution >= 4 is 15.8 Å². The van der Waals surface area contributed by atoms with Gasteiger partial charge in [0.15, 0.2) is 4.98 Å². The summed E-state index contributed by atoms with van der Waals surface area (Å²) in [4.78, 5) is 2.94. The van der Waals surface area contributed by atoms with Crippen molar-refractivity contribution in [2.75, 3.05) is 6.61 Å². The molecule has 0 saturated heterocycles. The summed E-state index contributed by atoms with van der Waals surface area (Å²) in [6.45, 7) is 2.77. The molecule has 0 aliphatic carbocycles. The summed E-state index contributed by atoms with van der Waals surface area (Å²) in [7, 11) is -4.25. The average Bonchev–Trinajstić information content (AvgIpc) is 2.56. The number of hydrogen-bond donors (Lipinski definition) is 0. The molecular weight excluding hydrogens is 316 g/mol. The number of ether oxygens (including phenoxy) is 1. The molecule has 0 saturated carbocycles. The normalized spacial score (nSPS) is 10.1. The molecule has 2 rings (SSSR count). The Bertz CT molecular complexity index is 740. The molecule has 0 radical (unpaired) electrons. The molecule has 0 N–H and O–H groups in total. The van der Waals surface area contributed by atoms with Gasteiger partial charge < -0.3 is 9.29 Å². The summed E-state index contributed by atoms with van der Waals surface area (Å²) in [6, 6.07) is 14.4. The van der Waals surface area contributed by atoms with Gasteiger partial charge in [0.1, 0.15) is 10.1 Å². The highest BCUT2D eigenvalue weighted by Crippen LogP contribution is 2.26. The van der Waals surface area contributed by atoms with Gasteiger partial charge in [0.2, 0.25) is 11.1 Å². The summed E-state index contributed by atoms with van der Waals surface area (Å²) >= 11 is 0. The monoisotopic (exact) mass is 334 g/mol. The zero-order valence-corrected chi connectivity index (χ0v) is 13.6. The van der Waals surface area contributed by atoms with Crippen LogP contribution in [0.4, 0.5) is 5.69 Å². The predicted molar refractivity (Wildman–Crippen MR) is 86.0 cm³/mol. The molecule has 0 bridgehead atoms. The van der Waals surface area contributed by atoms with Crippen LogP contribution < -0.4 is 4.74 Å². The van der Waals surface area contributed by atoms with Gasteiger partial charge in [-0.2, -0.15) is 0 Å². The fraction of sp³-hybridized carbons (Fsp3) is 0.250. The summed E-state index contributed by atoms with van der Waals surface area (Å²) in [5, 5.41) is 8.62. The minimum Gasteiger partial charge on any atom is -0.744 e. The number of hydrogen-bond acceptors (Lipinski definition) is 5. The Morgan fingerprint density at radius 1 is 1.09 bits per heavy atom. The Hall–Kier alpha value is -2.43. The molecule has 23 heavy (non-hydrogen) atoms. The lowest BCUT2D eigenvalue weighted by Gasteiger charge is -2.04. The first kappa shape index (κ1) is 18.6. The molecule has 0 aliphatic heterocycles. The van der Waals surface area contributed by atoms with Gasteiger partial charge in [-0.3, -0.25) is 0 Å². The summed E-state index contributed by atoms with van der Waals surface area (Å²) in [6.07, 6.45) is 2.11. The molecule has 122 valence electrons. The predicted octanol–water partition coefficient (Wildman–Crippen LogP) is 3.94. The fourth-order valence-electron chi connectivity index (χ4n) is 1.58. The number of unbranched alkanes of at least 4 members (excludes halogenated alkanes) is 1. The second-order valence-corrected chi connectivity index (χ2v) is 5.92. The number of rotatable bonds is 5. The van der Waals surface area contributed by atoms with E-state index in [0.717, 1.165) is 12.8 Å². The minimum atomic E-state index is -4.25. The molecule has 0 spiro atoms. The van der Waals surface area contributed by atoms with Gasteiger partial charge in [-0.1, -0.05) is 43.7 Å². The van der Waals surface area contributed by atoms with E-state index in [2.05, 4.69) is 11.9 Å². The second kappa shape index (κ2) is 9.56. The van der Waals surface area contributed by atoms with Gasteiger partial charge in [0.05, 0.1) is 11.5 Å². The fourth-order valence-corrected chi connectivity index (χ4v) is 2.07. The van der Waals surface area contributed by atoms with Crippen molar-refractivity contribution in [3.8, 4) is 5.75 Å². The highest BCUT2D eigenvalue weighted by atomic mass is 32.2. The van der Waals surface area contributed by atoms with Crippen LogP contribution in [0.1, 0.15) is 19.8 Å². The van der Waals surface area contributed by atoms with E-state index in [4.69, 9.17) is 10.1 Å². The maximum atomic E-state index is 10.3. The van der Waals surface area contributed by atoms with E-state index in [-0.39, 0.29) is 4.90 Å². The van der Waals surface area contributed by atoms with Gasteiger partial charge in [-0.05, 0) is 24.6 Å². The smallest absolute Gasteiger partial charge is 0.426 e. The van der Waals surface area contributed by atoms with Crippen molar-refractivity contribution < 1.29 is 17.7 Å². The lowest BCUT2D eigenvalue weighted by molar-refractivity contribution is 0.311. The van der Waals surface area contributed by atoms with E-state index in [1.165, 1.54) is 24.3 Å². The summed E-state index contributed by atoms with van der Waals surface area (Å²) in [5.41, 5.74) is 0.485. The molecular formula is C16H18N2O4S. The summed E-state index contributed by atoms with van der Waals surface area (Å²) < 4.78 is 36.2. The third-order valence-electron chi connectivity index (χ3n) is 2.76. The highest BCUT2D eigenvalue weighted by Gasteiger charge is 2.12. The molecule has 6 nitrogen and oxygen atoms in total. The largest absolute Gasteiger partial charge is 0.744 e. The van der Waals surface area contributed by atoms with Crippen LogP contribution in [-0.2, 0) is 10.1 Å². The Morgan fingerprint density at radius 3 is 2.22 bits per heavy atom. The van der Waals surface area contributed by atoms with Crippen LogP contribution in [0.3, 0.4) is 0 Å². The van der Waals surface area contributed by atoms with Gasteiger partial charge >= 0.3 is 5.69 Å². The standard InChI is InChI=1S/C10H13N2O.C6H6O3S/c1-2-3-8-13-10-7-5-4-6-9(10)12-11;7-10(8,9)6-4-2-1-3-5-6/h4-7H,2-3,8H2,1H3;1-5H,(H,7,8,9)/q+1;/p-1. The molecule has 0 unspecified atom stereocenters. The van der Waals surface area contributed by atoms with Crippen LogP contribution in [0.15, 0.2) is 59.5 Å². The van der Waals surface area contributed by atoms with E-state index in [9.17, 15) is 13.0 Å². The molecule has 0 heterocycles. The first-order valence-corrected chi connectivity index (χ1v) is 8.47. The molecule has 0 amide bonds. The quantitative estimate of drug-likeness (QED) is 0.469. The lowest BCUT2D eigenvalue weighted by atomic mass is 10.3. The summed E-state index contributed by atoms with van der Waals surface area (Å²) in [5.74, 6) is 0.637. The molecule has 0 aliphatic rings. The van der Waals surface area contributed by atoms with Crippen LogP contribution in [0.2, 0.25) is 0 Å². The van der Waals surface area contributed by atoms with Crippen LogP contribution in [0.5, 0.6) is 5.75 Å². The number of diazo groups is 1. The van der Waals surface area contributed by atoms with E-state index in [0.29, 0.717) is 18.0 Å². The van der Waals surface area contributed by atoms with Gasteiger partial charge in [0, 0.05) is 6.07 Å². The molecule has 0 atom stereocenters. The molecule has 7 heteroatoms. The van der Waals surface area contributed by atoms with Crippen molar-refractivity contribution in [3.63, 3.8) is 0 Å². The zero-order valence-electron chi connectivity index (χ0n) is 12.8. The zero-order chi connectivity index (χ0) is 17.1. The van der Waals surface area contributed by atoms with Crippen molar-refractivity contribution in [1.82, 2.24) is 0 Å². The van der Waals surface area contributed by atoms with E-state index in [1.54, 1.807) is 18.2 Å². The van der Waals surface area contributed by atoms with Gasteiger partial charge in [-0.15, -0.1) is 0 Å². The Kier molecular flexibility index (Phi) is 7.74. The third kappa shape index (κ3) is 6.91. The first-order valence-electron chi connectivity index (χ1n) is 7.07. The lowest BCUT2D eigenvalue weighted by Crippen LogP contribution is -1.96. The van der Waals surface area contributed by atoms with E-state index >= 15 is 0 Å². The van der Waals surface area contributed by atoms with Crippen LogP contribution in [0.25, 0.3) is 4.98 Å². The SMILES string of the molecule is CCCCOc1ccccc1[N+]#N.O=S(=O)([O-])c1ccccc1. The van der Waals surface area contributed by atoms with Crippen molar-refractivity contribution in [2.24, 2.45) is 0 Å². The minimum absolute atomic E-state index is 0.185. The van der Waals surface area contributed by atoms with Crippen LogP contribution in [-0.4, -0.2) is 19.6 Å². The first-order chi connectivity index (χ1) is 11.0. The Labute approximate surface area is 136 Å². The number of benzene rings is 2. The van der Waals surface area contributed by atoms with E-state index < -0.39 is 10.1 Å². The second-order valence-electron chi connectivity index (χ2n) is 4.54. The maximum Gasteiger partial charge on any atom is 0.426 e. The van der Waals surface area contributed by atoms with E-state index in [1.807, 2.05) is 12.1 Å². The van der Waals surface area contributed by atoms with Gasteiger partial charge in [-0.25, -0.2) is 8.42 Å². The molecule has 2 aromatic rings. The van der Waals surface area contributed by atoms with Crippen LogP contribution in [0, 0.1) is 5.39 Å². The van der Waals surface area contributed by atoms with Crippen molar-refractivity contribution in [1.29, 1.82) is 5.39 Å². The maximum absolute atomic E-state index is 10.3. The van der Waals surface area contributed by atoms with Crippen molar-refractivity contribution in [2.45, 2.75) is 24.7 Å². The van der Waals surface area contributed by atoms with Gasteiger partial charge in [0.25, 0.3) is 0 Å². The average molecular weight is 334 g/mol. The topological polar surface area (TPSA) is 94.6 Å². The number of para-hydroxylation sites is 1. The molecule has 0 fully saturated rings. The number of nitrogens with zero attached hydrogens (tertiary/aromatic N) is 2. The molecule has 0 aromatic heterocycles. The highest BCUT2D eigenvalue weighted by molar-refractivity contribution is 7.85. The third-order valence-corrected chi connectivity index (χ3v) is 3.61. The molecule has 2 aromatic carbocycles.